The Labute approximate surface area is 410 Å². The van der Waals surface area contributed by atoms with E-state index < -0.39 is 41.0 Å². The van der Waals surface area contributed by atoms with Gasteiger partial charge in [-0.15, -0.1) is 0 Å². The van der Waals surface area contributed by atoms with Crippen LogP contribution >= 0.6 is 17.1 Å². The number of esters is 2. The van der Waals surface area contributed by atoms with Crippen LogP contribution in [0.3, 0.4) is 0 Å². The van der Waals surface area contributed by atoms with E-state index >= 15 is 0 Å². The number of allylic oxidation sites excluding steroid dienone is 8. The minimum absolute atomic E-state index is 0.00348. The average Bonchev–Trinajstić information content (AvgIpc) is 3.35. The maximum Gasteiger partial charge on any atom is 0.424 e. The molecule has 3 aliphatic rings. The van der Waals surface area contributed by atoms with Gasteiger partial charge in [-0.2, -0.15) is 0 Å². The number of rotatable bonds is 12. The summed E-state index contributed by atoms with van der Waals surface area (Å²) in [4.78, 5) is 58.1. The van der Waals surface area contributed by atoms with E-state index in [0.717, 1.165) is 23.1 Å². The van der Waals surface area contributed by atoms with Gasteiger partial charge in [0.05, 0.1) is 31.5 Å². The molecular weight excluding hydrogens is 923 g/mol. The third-order valence-corrected chi connectivity index (χ3v) is 14.7. The molecule has 0 saturated carbocycles. The average molecular weight is 975 g/mol. The Morgan fingerprint density at radius 1 is 0.757 bits per heavy atom. The number of benzene rings is 5. The van der Waals surface area contributed by atoms with Crippen LogP contribution in [0, 0.1) is 26.7 Å². The van der Waals surface area contributed by atoms with Gasteiger partial charge in [-0.3, -0.25) is 14.1 Å². The number of ether oxygens (including phenoxy) is 2. The van der Waals surface area contributed by atoms with Gasteiger partial charge in [-0.05, 0) is 85.0 Å². The van der Waals surface area contributed by atoms with Crippen LogP contribution in [0.5, 0.6) is 11.5 Å². The minimum atomic E-state index is -2.56. The van der Waals surface area contributed by atoms with Crippen molar-refractivity contribution in [3.8, 4) is 22.6 Å². The van der Waals surface area contributed by atoms with Crippen molar-refractivity contribution < 1.29 is 46.7 Å². The largest absolute Gasteiger partial charge is 0.465 e. The molecule has 2 aliphatic heterocycles. The summed E-state index contributed by atoms with van der Waals surface area (Å²) in [5, 5.41) is 1.19. The van der Waals surface area contributed by atoms with Crippen molar-refractivity contribution in [2.45, 2.75) is 46.6 Å². The summed E-state index contributed by atoms with van der Waals surface area (Å²) < 4.78 is 41.8. The first-order valence-corrected chi connectivity index (χ1v) is 24.9. The first kappa shape index (κ1) is 49.1. The van der Waals surface area contributed by atoms with Crippen molar-refractivity contribution in [3.05, 3.63) is 197 Å². The lowest BCUT2D eigenvalue weighted by Gasteiger charge is -2.41. The summed E-state index contributed by atoms with van der Waals surface area (Å²) in [6, 6.07) is 25.5. The van der Waals surface area contributed by atoms with Gasteiger partial charge >= 0.3 is 29.0 Å². The fourth-order valence-corrected chi connectivity index (χ4v) is 11.3. The highest BCUT2D eigenvalue weighted by atomic mass is 31.2. The zero-order chi connectivity index (χ0) is 49.5. The summed E-state index contributed by atoms with van der Waals surface area (Å²) in [6.07, 6.45) is 21.7. The molecule has 5 aromatic rings. The van der Waals surface area contributed by atoms with Crippen LogP contribution in [-0.2, 0) is 28.1 Å². The molecule has 1 fully saturated rings. The Balaban J connectivity index is 1.48. The first-order valence-electron chi connectivity index (χ1n) is 22.6. The van der Waals surface area contributed by atoms with Crippen LogP contribution in [0.1, 0.15) is 62.7 Å². The monoisotopic (exact) mass is 974 g/mol. The smallest absolute Gasteiger partial charge is 0.424 e. The lowest BCUT2D eigenvalue weighted by molar-refractivity contribution is -0.123. The van der Waals surface area contributed by atoms with E-state index in [1.165, 1.54) is 23.6 Å². The molecule has 1 aliphatic carbocycles. The van der Waals surface area contributed by atoms with Gasteiger partial charge in [-0.25, -0.2) is 18.9 Å². The molecule has 356 valence electrons. The third-order valence-electron chi connectivity index (χ3n) is 11.7. The number of anilines is 2. The van der Waals surface area contributed by atoms with Crippen molar-refractivity contribution in [2.24, 2.45) is 5.92 Å². The van der Waals surface area contributed by atoms with E-state index in [1.807, 2.05) is 131 Å². The van der Waals surface area contributed by atoms with E-state index in [-0.39, 0.29) is 57.7 Å². The molecule has 1 saturated heterocycles. The number of carbonyl (C=O) groups is 4. The van der Waals surface area contributed by atoms with Gasteiger partial charge in [0.1, 0.15) is 23.0 Å². The van der Waals surface area contributed by atoms with Crippen LogP contribution in [-0.4, -0.2) is 44.1 Å². The van der Waals surface area contributed by atoms with E-state index in [9.17, 15) is 19.2 Å². The minimum Gasteiger partial charge on any atom is -0.465 e. The normalized spacial score (nSPS) is 20.1. The molecule has 4 unspecified atom stereocenters. The standard InChI is InChI=1S/C56H52N2O10P2/c1-8-9-10-13-24-40-32-33-43(55(61)63-6)52(67-69-57(46-26-18-15-21-37(46)3)49(59)29-14-11-12-23-39(5)65-69)50(40)51-44-34-36(2)30-31-41(44)35-45(56(62)64-7)53(51)68-70-58(47-27-19-16-22-38(47)4)54(60)42-25-17-20-28-48(42)66-70/h9-28,30-35,42,48H,5,8,29H2,1-4,6-7H3/b10-9-,14-11-,23-12-,24-13-. The molecule has 0 bridgehead atoms. The summed E-state index contributed by atoms with van der Waals surface area (Å²) >= 11 is 0. The summed E-state index contributed by atoms with van der Waals surface area (Å²) in [6.45, 7) is 11.9. The van der Waals surface area contributed by atoms with Crippen molar-refractivity contribution in [1.82, 2.24) is 0 Å². The number of amides is 2. The molecule has 70 heavy (non-hydrogen) atoms. The number of aryl methyl sites for hydroxylation is 3. The van der Waals surface area contributed by atoms with E-state index in [2.05, 4.69) is 6.58 Å². The van der Waals surface area contributed by atoms with Crippen molar-refractivity contribution >= 4 is 69.0 Å². The molecule has 2 heterocycles. The summed E-state index contributed by atoms with van der Waals surface area (Å²) in [5.74, 6) is -2.71. The van der Waals surface area contributed by atoms with Crippen LogP contribution in [0.15, 0.2) is 164 Å². The van der Waals surface area contributed by atoms with Crippen LogP contribution < -0.4 is 18.4 Å². The molecular formula is C56H52N2O10P2. The molecule has 12 nitrogen and oxygen atoms in total. The lowest BCUT2D eigenvalue weighted by Crippen LogP contribution is -2.45. The van der Waals surface area contributed by atoms with Crippen molar-refractivity contribution in [3.63, 3.8) is 0 Å². The number of carbonyl (C=O) groups excluding carboxylic acids is 4. The first-order chi connectivity index (χ1) is 33.9. The molecule has 0 radical (unpaired) electrons. The Bertz CT molecular complexity index is 3080. The molecule has 5 aromatic carbocycles. The Morgan fingerprint density at radius 2 is 1.43 bits per heavy atom. The number of nitrogens with zero attached hydrogens (tertiary/aromatic N) is 2. The zero-order valence-corrected chi connectivity index (χ0v) is 41.4. The Morgan fingerprint density at radius 3 is 2.14 bits per heavy atom. The SMILES string of the molecule is C=C1/C=C\C=C/CC(=O)N(c2ccccc2C)P(Oc2c(C(=O)OC)ccc(/C=C\C=C/CC)c2-c2c(OP3OC4C=CC=CC4C(=O)N3c3ccccc3C)c(C(=O)OC)cc3ccc(C)cc23)O1. The maximum absolute atomic E-state index is 14.8. The molecule has 0 N–H and O–H groups in total. The molecule has 4 atom stereocenters. The predicted octanol–water partition coefficient (Wildman–Crippen LogP) is 13.4. The highest BCUT2D eigenvalue weighted by Gasteiger charge is 2.46. The Hall–Kier alpha value is -7.36. The quantitative estimate of drug-likeness (QED) is 0.0676. The van der Waals surface area contributed by atoms with E-state index in [1.54, 1.807) is 54.6 Å². The number of fused-ring (bicyclic) bond motifs is 2. The van der Waals surface area contributed by atoms with Gasteiger partial charge in [0.2, 0.25) is 11.8 Å². The molecule has 0 spiro atoms. The van der Waals surface area contributed by atoms with Crippen LogP contribution in [0.2, 0.25) is 0 Å². The second-order valence-electron chi connectivity index (χ2n) is 16.4. The third kappa shape index (κ3) is 10.2. The van der Waals surface area contributed by atoms with Gasteiger partial charge in [0, 0.05) is 17.5 Å². The molecule has 14 heteroatoms. The molecule has 0 aromatic heterocycles. The predicted molar refractivity (Wildman–Crippen MR) is 277 cm³/mol. The fourth-order valence-electron chi connectivity index (χ4n) is 8.18. The maximum atomic E-state index is 14.8. The van der Waals surface area contributed by atoms with Gasteiger partial charge in [0.15, 0.2) is 11.5 Å². The Kier molecular flexibility index (Phi) is 15.4. The van der Waals surface area contributed by atoms with Gasteiger partial charge in [0.25, 0.3) is 0 Å². The second kappa shape index (κ2) is 21.9. The van der Waals surface area contributed by atoms with Gasteiger partial charge in [-0.1, -0.05) is 147 Å². The molecule has 8 rings (SSSR count). The lowest BCUT2D eigenvalue weighted by atomic mass is 9.88. The van der Waals surface area contributed by atoms with E-state index in [4.69, 9.17) is 27.6 Å². The number of hydrogen-bond donors (Lipinski definition) is 0. The van der Waals surface area contributed by atoms with Crippen molar-refractivity contribution in [2.75, 3.05) is 23.6 Å². The van der Waals surface area contributed by atoms with Crippen molar-refractivity contribution in [1.29, 1.82) is 0 Å². The highest BCUT2D eigenvalue weighted by molar-refractivity contribution is 7.51. The second-order valence-corrected chi connectivity index (χ2v) is 18.9. The fraction of sp³-hybridized carbons (Fsp3) is 0.179. The highest BCUT2D eigenvalue weighted by Crippen LogP contribution is 2.59. The topological polar surface area (TPSA) is 130 Å². The number of para-hydroxylation sites is 2. The van der Waals surface area contributed by atoms with Crippen LogP contribution in [0.4, 0.5) is 11.4 Å². The summed E-state index contributed by atoms with van der Waals surface area (Å²) in [5.41, 5.74) is 4.48. The van der Waals surface area contributed by atoms with Crippen LogP contribution in [0.25, 0.3) is 28.0 Å². The van der Waals surface area contributed by atoms with E-state index in [0.29, 0.717) is 27.7 Å². The summed E-state index contributed by atoms with van der Waals surface area (Å²) in [7, 11) is -2.44. The molecule has 2 amide bonds. The number of methoxy groups -OCH3 is 2. The zero-order valence-electron chi connectivity index (χ0n) is 39.7. The van der Waals surface area contributed by atoms with Gasteiger partial charge < -0.3 is 23.0 Å². The number of hydrogen-bond acceptors (Lipinski definition) is 10.